The molecule has 4 nitrogen and oxygen atoms in total. The minimum absolute atomic E-state index is 0.146. The number of hydrogen-bond donors (Lipinski definition) is 1. The van der Waals surface area contributed by atoms with Gasteiger partial charge in [0, 0.05) is 11.4 Å². The molecule has 2 amide bonds. The highest BCUT2D eigenvalue weighted by Crippen LogP contribution is 2.29. The Kier molecular flexibility index (Phi) is 2.25. The Labute approximate surface area is 86.0 Å². The number of urea groups is 1. The van der Waals surface area contributed by atoms with E-state index in [-0.39, 0.29) is 12.1 Å². The minimum Gasteiger partial charge on any atom is -0.385 e. The van der Waals surface area contributed by atoms with E-state index in [0.29, 0.717) is 12.4 Å². The van der Waals surface area contributed by atoms with E-state index >= 15 is 0 Å². The van der Waals surface area contributed by atoms with Crippen molar-refractivity contribution in [1.29, 1.82) is 0 Å². The lowest BCUT2D eigenvalue weighted by Crippen LogP contribution is -2.32. The average Bonchev–Trinajstić information content (AvgIpc) is 2.72. The van der Waals surface area contributed by atoms with Gasteiger partial charge in [-0.3, -0.25) is 0 Å². The molecule has 2 heterocycles. The molecule has 1 aromatic rings. The molecule has 0 saturated carbocycles. The van der Waals surface area contributed by atoms with E-state index in [1.165, 1.54) is 0 Å². The molecular weight excluding hydrogens is 198 g/mol. The molecule has 2 rings (SSSR count). The highest BCUT2D eigenvalue weighted by molar-refractivity contribution is 7.10. The van der Waals surface area contributed by atoms with Crippen LogP contribution in [0.25, 0.3) is 0 Å². The predicted molar refractivity (Wildman–Crippen MR) is 56.5 cm³/mol. The predicted octanol–water partition coefficient (Wildman–Crippen LogP) is 1.60. The summed E-state index contributed by atoms with van der Waals surface area (Å²) in [5.41, 5.74) is 5.72. The third-order valence-corrected chi connectivity index (χ3v) is 3.14. The van der Waals surface area contributed by atoms with Crippen molar-refractivity contribution in [2.45, 2.75) is 13.0 Å². The molecule has 0 bridgehead atoms. The topological polar surface area (TPSA) is 58.7 Å². The highest BCUT2D eigenvalue weighted by atomic mass is 32.1. The number of hydrogen-bond acceptors (Lipinski definition) is 3. The molecule has 0 saturated heterocycles. The van der Waals surface area contributed by atoms with Crippen LogP contribution in [-0.4, -0.2) is 23.3 Å². The van der Waals surface area contributed by atoms with Crippen LogP contribution < -0.4 is 5.73 Å². The Morgan fingerprint density at radius 2 is 2.50 bits per heavy atom. The van der Waals surface area contributed by atoms with Crippen LogP contribution in [0.3, 0.4) is 0 Å². The second kappa shape index (κ2) is 3.42. The molecule has 14 heavy (non-hydrogen) atoms. The van der Waals surface area contributed by atoms with Crippen LogP contribution in [0.2, 0.25) is 0 Å². The van der Waals surface area contributed by atoms with Crippen molar-refractivity contribution in [2.75, 3.05) is 6.54 Å². The molecule has 2 N–H and O–H groups in total. The first kappa shape index (κ1) is 9.21. The second-order valence-electron chi connectivity index (χ2n) is 3.02. The lowest BCUT2D eigenvalue weighted by atomic mass is 10.2. The van der Waals surface area contributed by atoms with Crippen molar-refractivity contribution in [2.24, 2.45) is 10.7 Å². The average molecular weight is 209 g/mol. The molecule has 1 aliphatic heterocycles. The molecule has 0 spiro atoms. The number of likely N-dealkylation sites (N-methyl/N-ethyl adjacent to an activating group) is 1. The van der Waals surface area contributed by atoms with Gasteiger partial charge in [-0.05, 0) is 18.4 Å². The van der Waals surface area contributed by atoms with Gasteiger partial charge in [-0.1, -0.05) is 6.07 Å². The summed E-state index contributed by atoms with van der Waals surface area (Å²) >= 11 is 1.59. The van der Waals surface area contributed by atoms with Gasteiger partial charge < -0.3 is 10.6 Å². The smallest absolute Gasteiger partial charge is 0.346 e. The monoisotopic (exact) mass is 209 g/mol. The van der Waals surface area contributed by atoms with Gasteiger partial charge in [-0.15, -0.1) is 11.3 Å². The lowest BCUT2D eigenvalue weighted by Gasteiger charge is -2.21. The van der Waals surface area contributed by atoms with Crippen LogP contribution in [0.15, 0.2) is 22.5 Å². The molecule has 1 atom stereocenters. The quantitative estimate of drug-likeness (QED) is 0.804. The third-order valence-electron chi connectivity index (χ3n) is 2.22. The van der Waals surface area contributed by atoms with Crippen LogP contribution in [-0.2, 0) is 0 Å². The summed E-state index contributed by atoms with van der Waals surface area (Å²) in [4.78, 5) is 17.9. The van der Waals surface area contributed by atoms with Gasteiger partial charge >= 0.3 is 6.03 Å². The SMILES string of the molecule is CCN1C(=O)N=C(N)C1c1cccs1. The maximum atomic E-state index is 11.4. The summed E-state index contributed by atoms with van der Waals surface area (Å²) in [5.74, 6) is 0.402. The number of nitrogens with two attached hydrogens (primary N) is 1. The van der Waals surface area contributed by atoms with E-state index in [1.54, 1.807) is 16.2 Å². The van der Waals surface area contributed by atoms with Crippen molar-refractivity contribution < 1.29 is 4.79 Å². The molecular formula is C9H11N3OS. The number of amides is 2. The fourth-order valence-electron chi connectivity index (χ4n) is 1.57. The van der Waals surface area contributed by atoms with Crippen molar-refractivity contribution >= 4 is 23.2 Å². The molecule has 0 aromatic carbocycles. The first-order valence-electron chi connectivity index (χ1n) is 4.42. The van der Waals surface area contributed by atoms with E-state index < -0.39 is 0 Å². The van der Waals surface area contributed by atoms with Crippen molar-refractivity contribution in [1.82, 2.24) is 4.90 Å². The summed E-state index contributed by atoms with van der Waals surface area (Å²) in [5, 5.41) is 1.97. The van der Waals surface area contributed by atoms with E-state index in [0.717, 1.165) is 4.88 Å². The van der Waals surface area contributed by atoms with E-state index in [4.69, 9.17) is 5.73 Å². The van der Waals surface area contributed by atoms with Gasteiger partial charge in [0.2, 0.25) is 0 Å². The van der Waals surface area contributed by atoms with E-state index in [9.17, 15) is 4.79 Å². The normalized spacial score (nSPS) is 21.5. The van der Waals surface area contributed by atoms with Gasteiger partial charge in [0.15, 0.2) is 0 Å². The summed E-state index contributed by atoms with van der Waals surface area (Å²) < 4.78 is 0. The Hall–Kier alpha value is -1.36. The number of amidine groups is 1. The van der Waals surface area contributed by atoms with Crippen LogP contribution in [0.1, 0.15) is 17.8 Å². The second-order valence-corrected chi connectivity index (χ2v) is 4.00. The maximum absolute atomic E-state index is 11.4. The standard InChI is InChI=1S/C9H11N3OS/c1-2-12-7(6-4-3-5-14-6)8(10)11-9(12)13/h3-5,7H,2H2,1H3,(H2,10,11,13). The van der Waals surface area contributed by atoms with E-state index in [1.807, 2.05) is 24.4 Å². The zero-order valence-electron chi connectivity index (χ0n) is 7.80. The Morgan fingerprint density at radius 1 is 1.71 bits per heavy atom. The number of carbonyl (C=O) groups is 1. The largest absolute Gasteiger partial charge is 0.385 e. The number of aliphatic imine (C=N–C) groups is 1. The Bertz CT molecular complexity index is 371. The molecule has 5 heteroatoms. The van der Waals surface area contributed by atoms with Crippen molar-refractivity contribution in [3.63, 3.8) is 0 Å². The molecule has 74 valence electrons. The fraction of sp³-hybridized carbons (Fsp3) is 0.333. The lowest BCUT2D eigenvalue weighted by molar-refractivity contribution is 0.210. The van der Waals surface area contributed by atoms with Crippen LogP contribution >= 0.6 is 11.3 Å². The van der Waals surface area contributed by atoms with Gasteiger partial charge in [0.05, 0.1) is 0 Å². The summed E-state index contributed by atoms with van der Waals surface area (Å²) in [7, 11) is 0. The minimum atomic E-state index is -0.233. The molecule has 1 aromatic heterocycles. The van der Waals surface area contributed by atoms with Crippen LogP contribution in [0.4, 0.5) is 4.79 Å². The molecule has 0 fully saturated rings. The molecule has 0 radical (unpaired) electrons. The van der Waals surface area contributed by atoms with Crippen LogP contribution in [0, 0.1) is 0 Å². The highest BCUT2D eigenvalue weighted by Gasteiger charge is 2.33. The third kappa shape index (κ3) is 1.29. The maximum Gasteiger partial charge on any atom is 0.346 e. The fourth-order valence-corrected chi connectivity index (χ4v) is 2.42. The number of nitrogens with zero attached hydrogens (tertiary/aromatic N) is 2. The van der Waals surface area contributed by atoms with Gasteiger partial charge in [-0.2, -0.15) is 4.99 Å². The number of carbonyl (C=O) groups excluding carboxylic acids is 1. The Morgan fingerprint density at radius 3 is 3.07 bits per heavy atom. The Balaban J connectivity index is 2.34. The molecule has 0 aliphatic carbocycles. The first-order valence-corrected chi connectivity index (χ1v) is 5.30. The zero-order valence-corrected chi connectivity index (χ0v) is 8.62. The summed E-state index contributed by atoms with van der Waals surface area (Å²) in [6.45, 7) is 2.55. The number of thiophene rings is 1. The molecule has 1 aliphatic rings. The van der Waals surface area contributed by atoms with Crippen molar-refractivity contribution in [3.8, 4) is 0 Å². The number of rotatable bonds is 2. The van der Waals surface area contributed by atoms with Gasteiger partial charge in [0.25, 0.3) is 0 Å². The summed E-state index contributed by atoms with van der Waals surface area (Å²) in [6, 6.07) is 3.54. The first-order chi connectivity index (χ1) is 6.74. The van der Waals surface area contributed by atoms with Crippen molar-refractivity contribution in [3.05, 3.63) is 22.4 Å². The van der Waals surface area contributed by atoms with Crippen LogP contribution in [0.5, 0.6) is 0 Å². The zero-order chi connectivity index (χ0) is 10.1. The molecule has 1 unspecified atom stereocenters. The van der Waals surface area contributed by atoms with Gasteiger partial charge in [-0.25, -0.2) is 4.79 Å². The summed E-state index contributed by atoms with van der Waals surface area (Å²) in [6.07, 6.45) is 0. The van der Waals surface area contributed by atoms with E-state index in [2.05, 4.69) is 4.99 Å². The van der Waals surface area contributed by atoms with Gasteiger partial charge in [0.1, 0.15) is 11.9 Å².